The molecule has 0 fully saturated rings. The van der Waals surface area contributed by atoms with Gasteiger partial charge in [-0.2, -0.15) is 0 Å². The second-order valence-electron chi connectivity index (χ2n) is 22.6. The predicted octanol–water partition coefficient (Wildman–Crippen LogP) is 10.0. The van der Waals surface area contributed by atoms with Gasteiger partial charge in [0.05, 0.1) is 87.8 Å². The quantitative estimate of drug-likeness (QED) is 0.0243. The fraction of sp³-hybridized carbons (Fsp3) is 0.477. The molecule has 17 nitrogen and oxygen atoms in total. The van der Waals surface area contributed by atoms with Crippen molar-refractivity contribution in [3.8, 4) is 17.2 Å². The number of fused-ring (bicyclic) bond motifs is 8. The van der Waals surface area contributed by atoms with Crippen molar-refractivity contribution < 1.29 is 57.1 Å². The topological polar surface area (TPSA) is 158 Å². The van der Waals surface area contributed by atoms with E-state index in [0.29, 0.717) is 99.9 Å². The summed E-state index contributed by atoms with van der Waals surface area (Å²) in [6.45, 7) is 13.7. The number of para-hydroxylation sites is 2. The van der Waals surface area contributed by atoms with Gasteiger partial charge in [0.15, 0.2) is 17.3 Å². The Kier molecular flexibility index (Phi) is 21.1. The van der Waals surface area contributed by atoms with E-state index < -0.39 is 16.6 Å². The minimum atomic E-state index is -0.621. The molecule has 0 saturated carbocycles. The number of hydrogen-bond acceptors (Lipinski definition) is 17. The Balaban J connectivity index is 1.01. The lowest BCUT2D eigenvalue weighted by atomic mass is 10.1. The monoisotopic (exact) mass is 1190 g/mol. The van der Waals surface area contributed by atoms with Crippen LogP contribution in [0.2, 0.25) is 0 Å². The fourth-order valence-electron chi connectivity index (χ4n) is 11.6. The molecule has 9 rings (SSSR count). The lowest BCUT2D eigenvalue weighted by Gasteiger charge is -2.34. The summed E-state index contributed by atoms with van der Waals surface area (Å²) in [7, 11) is 11.8. The number of aryl methyl sites for hydroxylation is 1. The summed E-state index contributed by atoms with van der Waals surface area (Å²) in [5, 5.41) is 0. The number of benzene rings is 5. The molecular formula is C65H81N5O12S2. The maximum absolute atomic E-state index is 14.5. The molecule has 0 spiro atoms. The lowest BCUT2D eigenvalue weighted by Crippen LogP contribution is -2.41. The highest BCUT2D eigenvalue weighted by atomic mass is 33.1. The first-order chi connectivity index (χ1) is 40.6. The molecule has 5 aromatic rings. The van der Waals surface area contributed by atoms with E-state index in [1.54, 1.807) is 41.9 Å². The summed E-state index contributed by atoms with van der Waals surface area (Å²) < 4.78 is 46.9. The SMILES string of the molecule is CCCOCC(=O)CC(CSSC(C)(C)CN(CCOCCOCCOC)c1cc(COc2cc3c(cc2C)C(=O)N2c4ccccc4C[C@H]2CN3C)cc(COc2cc3c(cc2OC)C(=O)N2c4ccccc4C[C@H]2CN3C)c1)C(=O)OC. The van der Waals surface area contributed by atoms with Crippen LogP contribution in [0.4, 0.5) is 28.4 Å². The third-order valence-electron chi connectivity index (χ3n) is 15.7. The van der Waals surface area contributed by atoms with Crippen molar-refractivity contribution in [1.82, 2.24) is 0 Å². The molecule has 450 valence electrons. The number of rotatable bonds is 30. The molecule has 5 aromatic carbocycles. The smallest absolute Gasteiger partial charge is 0.309 e. The van der Waals surface area contributed by atoms with E-state index in [9.17, 15) is 19.2 Å². The molecule has 3 atom stereocenters. The van der Waals surface area contributed by atoms with Crippen molar-refractivity contribution in [1.29, 1.82) is 0 Å². The van der Waals surface area contributed by atoms with Crippen molar-refractivity contribution in [2.75, 3.05) is 138 Å². The Hall–Kier alpha value is -6.48. The number of Topliss-reactive ketones (excluding diaryl/α,β-unsaturated/α-hetero) is 1. The molecule has 0 aromatic heterocycles. The number of carbonyl (C=O) groups excluding carboxylic acids is 4. The van der Waals surface area contributed by atoms with E-state index >= 15 is 0 Å². The highest BCUT2D eigenvalue weighted by molar-refractivity contribution is 8.77. The molecule has 1 unspecified atom stereocenters. The Morgan fingerprint density at radius 3 is 1.85 bits per heavy atom. The summed E-state index contributed by atoms with van der Waals surface area (Å²) in [5.41, 5.74) is 10.5. The third-order valence-corrected chi connectivity index (χ3v) is 19.0. The Morgan fingerprint density at radius 2 is 1.25 bits per heavy atom. The molecule has 0 radical (unpaired) electrons. The molecule has 0 saturated heterocycles. The lowest BCUT2D eigenvalue weighted by molar-refractivity contribution is -0.146. The normalized spacial score (nSPS) is 16.4. The van der Waals surface area contributed by atoms with Gasteiger partial charge in [-0.15, -0.1) is 0 Å². The van der Waals surface area contributed by atoms with Gasteiger partial charge in [0.2, 0.25) is 0 Å². The van der Waals surface area contributed by atoms with Crippen LogP contribution in [0.25, 0.3) is 0 Å². The molecule has 84 heavy (non-hydrogen) atoms. The zero-order valence-electron chi connectivity index (χ0n) is 50.1. The molecule has 4 aliphatic rings. The number of esters is 1. The number of carbonyl (C=O) groups is 4. The van der Waals surface area contributed by atoms with Gasteiger partial charge >= 0.3 is 5.97 Å². The average Bonchev–Trinajstić information content (AvgIpc) is 2.06. The minimum absolute atomic E-state index is 0.0121. The van der Waals surface area contributed by atoms with Crippen LogP contribution in [0.15, 0.2) is 91.0 Å². The van der Waals surface area contributed by atoms with Crippen molar-refractivity contribution >= 4 is 73.6 Å². The van der Waals surface area contributed by atoms with E-state index in [0.717, 1.165) is 70.0 Å². The highest BCUT2D eigenvalue weighted by Crippen LogP contribution is 2.44. The molecule has 19 heteroatoms. The zero-order valence-corrected chi connectivity index (χ0v) is 51.7. The third kappa shape index (κ3) is 14.8. The van der Waals surface area contributed by atoms with Gasteiger partial charge in [-0.3, -0.25) is 19.2 Å². The summed E-state index contributed by atoms with van der Waals surface area (Å²) >= 11 is 0. The van der Waals surface area contributed by atoms with Crippen LogP contribution in [-0.4, -0.2) is 154 Å². The standard InChI is InChI=1S/C65H81N5O12S2/c1-10-20-80-40-52(71)32-48(64(74)77-9)41-83-84-65(3,4)42-68(19-21-78-24-25-79-23-22-75-7)49-28-44(38-81-59-34-57-53(26-43(59)2)62(72)69-50(36-66(57)5)30-46-15-11-13-17-55(46)69)27-45(29-49)39-82-61-35-58-54(33-60(61)76-8)63(73)70-51(37-67(58)6)31-47-16-12-14-18-56(47)70/h11-18,26-29,33-35,48,50-51H,10,19-25,30-32,36-42H2,1-9H3/t48?,50-,51-/m0/s1. The number of methoxy groups -OCH3 is 3. The van der Waals surface area contributed by atoms with Crippen LogP contribution >= 0.6 is 21.6 Å². The summed E-state index contributed by atoms with van der Waals surface area (Å²) in [4.78, 5) is 65.3. The van der Waals surface area contributed by atoms with E-state index in [1.165, 1.54) is 12.7 Å². The summed E-state index contributed by atoms with van der Waals surface area (Å²) in [5.74, 6) is 0.719. The van der Waals surface area contributed by atoms with E-state index in [4.69, 9.17) is 37.9 Å². The fourth-order valence-corrected chi connectivity index (χ4v) is 14.5. The second kappa shape index (κ2) is 28.6. The summed E-state index contributed by atoms with van der Waals surface area (Å²) in [6.07, 6.45) is 2.40. The van der Waals surface area contributed by atoms with Crippen molar-refractivity contribution in [2.45, 2.75) is 83.4 Å². The first-order valence-corrected chi connectivity index (χ1v) is 31.3. The van der Waals surface area contributed by atoms with Crippen molar-refractivity contribution in [3.63, 3.8) is 0 Å². The van der Waals surface area contributed by atoms with E-state index in [1.807, 2.05) is 92.3 Å². The Morgan fingerprint density at radius 1 is 0.679 bits per heavy atom. The minimum Gasteiger partial charge on any atom is -0.493 e. The van der Waals surface area contributed by atoms with Gasteiger partial charge in [0.25, 0.3) is 11.8 Å². The number of amides is 2. The van der Waals surface area contributed by atoms with Gasteiger partial charge in [-0.1, -0.05) is 64.9 Å². The maximum atomic E-state index is 14.5. The number of hydrogen-bond donors (Lipinski definition) is 0. The molecule has 4 aliphatic heterocycles. The van der Waals surface area contributed by atoms with Crippen LogP contribution in [-0.2, 0) is 59.3 Å². The predicted molar refractivity (Wildman–Crippen MR) is 333 cm³/mol. The van der Waals surface area contributed by atoms with Crippen LogP contribution in [0.3, 0.4) is 0 Å². The number of nitrogens with zero attached hydrogens (tertiary/aromatic N) is 5. The molecule has 0 N–H and O–H groups in total. The van der Waals surface area contributed by atoms with Gasteiger partial charge in [0.1, 0.15) is 25.6 Å². The molecule has 0 bridgehead atoms. The highest BCUT2D eigenvalue weighted by Gasteiger charge is 2.41. The van der Waals surface area contributed by atoms with Gasteiger partial charge in [-0.25, -0.2) is 0 Å². The van der Waals surface area contributed by atoms with Crippen molar-refractivity contribution in [3.05, 3.63) is 130 Å². The largest absolute Gasteiger partial charge is 0.493 e. The molecule has 4 heterocycles. The van der Waals surface area contributed by atoms with Crippen LogP contribution in [0.1, 0.15) is 82.1 Å². The number of likely N-dealkylation sites (N-methyl/N-ethyl adjacent to an activating group) is 2. The Bertz CT molecular complexity index is 3140. The number of ketones is 1. The first-order valence-electron chi connectivity index (χ1n) is 29.0. The molecule has 2 amide bonds. The van der Waals surface area contributed by atoms with Gasteiger partial charge in [0, 0.05) is 100 Å². The second-order valence-corrected chi connectivity index (χ2v) is 25.7. The number of anilines is 5. The van der Waals surface area contributed by atoms with E-state index in [2.05, 4.69) is 58.9 Å². The van der Waals surface area contributed by atoms with Crippen LogP contribution < -0.4 is 38.7 Å². The number of ether oxygens (including phenoxy) is 8. The van der Waals surface area contributed by atoms with Crippen molar-refractivity contribution in [2.24, 2.45) is 5.92 Å². The zero-order chi connectivity index (χ0) is 59.5. The van der Waals surface area contributed by atoms with Crippen LogP contribution in [0.5, 0.6) is 17.2 Å². The maximum Gasteiger partial charge on any atom is 0.309 e. The van der Waals surface area contributed by atoms with Gasteiger partial charge in [-0.05, 0) is 110 Å². The van der Waals surface area contributed by atoms with Crippen LogP contribution in [0, 0.1) is 12.8 Å². The molecular weight excluding hydrogens is 1110 g/mol. The first kappa shape index (κ1) is 62.1. The molecule has 0 aliphatic carbocycles. The van der Waals surface area contributed by atoms with Gasteiger partial charge < -0.3 is 62.4 Å². The Labute approximate surface area is 502 Å². The average molecular weight is 1190 g/mol. The summed E-state index contributed by atoms with van der Waals surface area (Å²) in [6, 6.07) is 30.3. The van der Waals surface area contributed by atoms with E-state index in [-0.39, 0.29) is 55.9 Å².